The molecule has 1 N–H and O–H groups in total. The zero-order valence-corrected chi connectivity index (χ0v) is 16.2. The van der Waals surface area contributed by atoms with Crippen molar-refractivity contribution in [2.75, 3.05) is 19.0 Å². The van der Waals surface area contributed by atoms with Gasteiger partial charge in [-0.15, -0.1) is 0 Å². The van der Waals surface area contributed by atoms with E-state index < -0.39 is 0 Å². The first-order valence-electron chi connectivity index (χ1n) is 9.01. The minimum absolute atomic E-state index is 0.127. The quantitative estimate of drug-likeness (QED) is 0.729. The van der Waals surface area contributed by atoms with E-state index in [1.54, 1.807) is 17.1 Å². The van der Waals surface area contributed by atoms with Gasteiger partial charge >= 0.3 is 0 Å². The Balaban J connectivity index is 1.77. The van der Waals surface area contributed by atoms with E-state index in [-0.39, 0.29) is 11.8 Å². The molecule has 0 radical (unpaired) electrons. The Labute approximate surface area is 159 Å². The lowest BCUT2D eigenvalue weighted by atomic mass is 10.1. The molecule has 0 bridgehead atoms. The highest BCUT2D eigenvalue weighted by molar-refractivity contribution is 5.95. The van der Waals surface area contributed by atoms with Crippen LogP contribution in [-0.2, 0) is 6.54 Å². The number of amides is 1. The number of pyridine rings is 1. The monoisotopic (exact) mass is 363 g/mol. The van der Waals surface area contributed by atoms with Gasteiger partial charge in [0.05, 0.1) is 17.5 Å². The molecular weight excluding hydrogens is 338 g/mol. The molecule has 1 amide bonds. The average molecular weight is 363 g/mol. The van der Waals surface area contributed by atoms with Crippen molar-refractivity contribution >= 4 is 11.6 Å². The van der Waals surface area contributed by atoms with Crippen molar-refractivity contribution in [3.63, 3.8) is 0 Å². The van der Waals surface area contributed by atoms with Crippen molar-refractivity contribution in [1.29, 1.82) is 0 Å². The fourth-order valence-corrected chi connectivity index (χ4v) is 2.94. The number of aromatic nitrogens is 3. The lowest BCUT2D eigenvalue weighted by molar-refractivity contribution is 0.0949. The topological polar surface area (TPSA) is 63.1 Å². The minimum Gasteiger partial charge on any atom is -0.378 e. The van der Waals surface area contributed by atoms with Crippen LogP contribution in [0.25, 0.3) is 5.82 Å². The molecule has 27 heavy (non-hydrogen) atoms. The van der Waals surface area contributed by atoms with Crippen LogP contribution in [0.15, 0.2) is 54.9 Å². The number of carbonyl (C=O) groups excluding carboxylic acids is 1. The molecule has 0 spiro atoms. The van der Waals surface area contributed by atoms with E-state index in [2.05, 4.69) is 15.4 Å². The van der Waals surface area contributed by atoms with Gasteiger partial charge in [0.25, 0.3) is 5.91 Å². The highest BCUT2D eigenvalue weighted by Crippen LogP contribution is 2.22. The number of benzene rings is 1. The molecule has 0 aliphatic rings. The lowest BCUT2D eigenvalue weighted by Gasteiger charge is -2.14. The van der Waals surface area contributed by atoms with E-state index in [0.717, 1.165) is 16.9 Å². The molecule has 3 aromatic rings. The van der Waals surface area contributed by atoms with Crippen molar-refractivity contribution < 1.29 is 4.79 Å². The van der Waals surface area contributed by atoms with Crippen LogP contribution in [-0.4, -0.2) is 34.8 Å². The Morgan fingerprint density at radius 2 is 1.89 bits per heavy atom. The van der Waals surface area contributed by atoms with Gasteiger partial charge in [0.15, 0.2) is 5.82 Å². The predicted octanol–water partition coefficient (Wildman–Crippen LogP) is 3.39. The summed E-state index contributed by atoms with van der Waals surface area (Å²) in [6, 6.07) is 13.8. The maximum atomic E-state index is 12.8. The molecule has 6 nitrogen and oxygen atoms in total. The Kier molecular flexibility index (Phi) is 5.54. The van der Waals surface area contributed by atoms with Crippen LogP contribution in [0, 0.1) is 0 Å². The summed E-state index contributed by atoms with van der Waals surface area (Å²) >= 11 is 0. The van der Waals surface area contributed by atoms with Crippen LogP contribution in [0.5, 0.6) is 0 Å². The largest absolute Gasteiger partial charge is 0.378 e. The van der Waals surface area contributed by atoms with Gasteiger partial charge in [0.1, 0.15) is 0 Å². The Morgan fingerprint density at radius 3 is 2.48 bits per heavy atom. The summed E-state index contributed by atoms with van der Waals surface area (Å²) in [6.45, 7) is 4.57. The fraction of sp³-hybridized carbons (Fsp3) is 0.286. The molecule has 2 aromatic heterocycles. The van der Waals surface area contributed by atoms with Gasteiger partial charge in [0, 0.05) is 32.5 Å². The number of rotatable bonds is 6. The average Bonchev–Trinajstić information content (AvgIpc) is 3.12. The molecule has 0 atom stereocenters. The summed E-state index contributed by atoms with van der Waals surface area (Å²) in [5.74, 6) is 0.715. The molecule has 0 unspecified atom stereocenters. The summed E-state index contributed by atoms with van der Waals surface area (Å²) in [5, 5.41) is 7.40. The molecule has 140 valence electrons. The highest BCUT2D eigenvalue weighted by atomic mass is 16.1. The normalized spacial score (nSPS) is 10.9. The maximum absolute atomic E-state index is 12.8. The number of nitrogens with zero attached hydrogens (tertiary/aromatic N) is 4. The highest BCUT2D eigenvalue weighted by Gasteiger charge is 2.21. The van der Waals surface area contributed by atoms with Crippen molar-refractivity contribution in [2.24, 2.45) is 0 Å². The molecule has 6 heteroatoms. The standard InChI is InChI=1S/C21H25N5O/c1-15(2)20-18(14-24-26(20)19-7-5-6-12-22-19)21(27)23-13-16-8-10-17(11-9-16)25(3)4/h5-12,14-15H,13H2,1-4H3,(H,23,27). The molecule has 0 aliphatic heterocycles. The SMILES string of the molecule is CC(C)c1c(C(=O)NCc2ccc(N(C)C)cc2)cnn1-c1ccccn1. The third kappa shape index (κ3) is 4.16. The van der Waals surface area contributed by atoms with Crippen LogP contribution in [0.4, 0.5) is 5.69 Å². The summed E-state index contributed by atoms with van der Waals surface area (Å²) in [7, 11) is 4.01. The number of anilines is 1. The summed E-state index contributed by atoms with van der Waals surface area (Å²) in [5.41, 5.74) is 3.62. The van der Waals surface area contributed by atoms with Crippen LogP contribution < -0.4 is 10.2 Å². The molecule has 0 saturated carbocycles. The minimum atomic E-state index is -0.127. The molecule has 0 saturated heterocycles. The van der Waals surface area contributed by atoms with Crippen molar-refractivity contribution in [1.82, 2.24) is 20.1 Å². The summed E-state index contributed by atoms with van der Waals surface area (Å²) in [6.07, 6.45) is 3.34. The van der Waals surface area contributed by atoms with E-state index in [1.807, 2.05) is 75.3 Å². The number of hydrogen-bond acceptors (Lipinski definition) is 4. The maximum Gasteiger partial charge on any atom is 0.255 e. The van der Waals surface area contributed by atoms with E-state index >= 15 is 0 Å². The van der Waals surface area contributed by atoms with Crippen molar-refractivity contribution in [2.45, 2.75) is 26.3 Å². The van der Waals surface area contributed by atoms with Gasteiger partial charge in [-0.3, -0.25) is 4.79 Å². The molecule has 0 fully saturated rings. The van der Waals surface area contributed by atoms with E-state index in [9.17, 15) is 4.79 Å². The molecule has 3 rings (SSSR count). The third-order valence-electron chi connectivity index (χ3n) is 4.37. The van der Waals surface area contributed by atoms with Gasteiger partial charge in [0.2, 0.25) is 0 Å². The second-order valence-corrected chi connectivity index (χ2v) is 6.94. The van der Waals surface area contributed by atoms with E-state index in [0.29, 0.717) is 17.9 Å². The molecule has 0 aliphatic carbocycles. The lowest BCUT2D eigenvalue weighted by Crippen LogP contribution is -2.24. The van der Waals surface area contributed by atoms with Crippen molar-refractivity contribution in [3.8, 4) is 5.82 Å². The third-order valence-corrected chi connectivity index (χ3v) is 4.37. The Hall–Kier alpha value is -3.15. The second kappa shape index (κ2) is 8.03. The first-order chi connectivity index (χ1) is 13.0. The van der Waals surface area contributed by atoms with Gasteiger partial charge in [-0.25, -0.2) is 9.67 Å². The van der Waals surface area contributed by atoms with E-state index in [4.69, 9.17) is 0 Å². The number of nitrogens with one attached hydrogen (secondary N) is 1. The Morgan fingerprint density at radius 1 is 1.15 bits per heavy atom. The van der Waals surface area contributed by atoms with Crippen LogP contribution in [0.3, 0.4) is 0 Å². The molecular formula is C21H25N5O. The zero-order valence-electron chi connectivity index (χ0n) is 16.2. The summed E-state index contributed by atoms with van der Waals surface area (Å²) < 4.78 is 1.74. The van der Waals surface area contributed by atoms with Gasteiger partial charge in [-0.1, -0.05) is 32.0 Å². The summed E-state index contributed by atoms with van der Waals surface area (Å²) in [4.78, 5) is 19.2. The van der Waals surface area contributed by atoms with Gasteiger partial charge in [-0.05, 0) is 35.7 Å². The Bertz CT molecular complexity index is 898. The van der Waals surface area contributed by atoms with E-state index in [1.165, 1.54) is 0 Å². The zero-order chi connectivity index (χ0) is 19.4. The molecule has 1 aromatic carbocycles. The number of hydrogen-bond donors (Lipinski definition) is 1. The predicted molar refractivity (Wildman–Crippen MR) is 107 cm³/mol. The molecule has 2 heterocycles. The van der Waals surface area contributed by atoms with Crippen molar-refractivity contribution in [3.05, 3.63) is 71.7 Å². The van der Waals surface area contributed by atoms with Gasteiger partial charge < -0.3 is 10.2 Å². The second-order valence-electron chi connectivity index (χ2n) is 6.94. The first kappa shape index (κ1) is 18.6. The van der Waals surface area contributed by atoms with Crippen LogP contribution in [0.2, 0.25) is 0 Å². The van der Waals surface area contributed by atoms with Crippen LogP contribution in [0.1, 0.15) is 41.4 Å². The number of carbonyl (C=O) groups is 1. The van der Waals surface area contributed by atoms with Gasteiger partial charge in [-0.2, -0.15) is 5.10 Å². The first-order valence-corrected chi connectivity index (χ1v) is 9.01. The smallest absolute Gasteiger partial charge is 0.255 e. The van der Waals surface area contributed by atoms with Crippen LogP contribution >= 0.6 is 0 Å². The fourth-order valence-electron chi connectivity index (χ4n) is 2.94.